The van der Waals surface area contributed by atoms with Crippen LogP contribution in [0, 0.1) is 15.9 Å². The van der Waals surface area contributed by atoms with E-state index in [1.807, 2.05) is 52.1 Å². The summed E-state index contributed by atoms with van der Waals surface area (Å²) in [6, 6.07) is 21.5. The van der Waals surface area contributed by atoms with Crippen molar-refractivity contribution in [2.75, 3.05) is 4.90 Å². The summed E-state index contributed by atoms with van der Waals surface area (Å²) >= 11 is 5.69. The molecule has 1 N–H and O–H groups in total. The highest BCUT2D eigenvalue weighted by Gasteiger charge is 2.42. The topological polar surface area (TPSA) is 76.2 Å². The average molecular weight is 460 g/mol. The van der Waals surface area contributed by atoms with Crippen LogP contribution >= 0.6 is 12.2 Å². The fourth-order valence-corrected chi connectivity index (χ4v) is 4.51. The maximum Gasteiger partial charge on any atom is 0.271 e. The predicted octanol–water partition coefficient (Wildman–Crippen LogP) is 5.10. The van der Waals surface area contributed by atoms with E-state index in [9.17, 15) is 14.5 Å². The fraction of sp³-hybridized carbons (Fsp3) is 0.0833. The van der Waals surface area contributed by atoms with Gasteiger partial charge < -0.3 is 14.8 Å². The van der Waals surface area contributed by atoms with E-state index in [1.165, 1.54) is 24.3 Å². The maximum atomic E-state index is 13.6. The molecular weight excluding hydrogens is 441 g/mol. The number of hydrogen-bond donors (Lipinski definition) is 1. The zero-order valence-corrected chi connectivity index (χ0v) is 18.0. The number of non-ortho nitro benzene ring substituents is 1. The van der Waals surface area contributed by atoms with Crippen LogP contribution in [0.5, 0.6) is 0 Å². The van der Waals surface area contributed by atoms with Gasteiger partial charge in [-0.1, -0.05) is 12.1 Å². The zero-order valence-electron chi connectivity index (χ0n) is 17.2. The first-order valence-corrected chi connectivity index (χ1v) is 10.6. The van der Waals surface area contributed by atoms with Crippen molar-refractivity contribution in [1.82, 2.24) is 14.9 Å². The molecule has 164 valence electrons. The summed E-state index contributed by atoms with van der Waals surface area (Å²) in [7, 11) is 0. The zero-order chi connectivity index (χ0) is 22.9. The second kappa shape index (κ2) is 8.44. The van der Waals surface area contributed by atoms with Crippen LogP contribution in [0.25, 0.3) is 5.69 Å². The molecule has 0 aliphatic carbocycles. The number of hydrogen-bond acceptors (Lipinski definition) is 4. The van der Waals surface area contributed by atoms with E-state index in [0.29, 0.717) is 10.8 Å². The molecule has 0 amide bonds. The highest BCUT2D eigenvalue weighted by Crippen LogP contribution is 2.42. The maximum absolute atomic E-state index is 13.6. The molecule has 1 saturated heterocycles. The minimum absolute atomic E-state index is 0.00360. The number of nitro benzene ring substituents is 1. The Bertz CT molecular complexity index is 1330. The van der Waals surface area contributed by atoms with Crippen LogP contribution in [0.4, 0.5) is 15.8 Å². The molecule has 2 aromatic carbocycles. The third-order valence-corrected chi connectivity index (χ3v) is 5.92. The minimum Gasteiger partial charge on any atom is -0.351 e. The van der Waals surface area contributed by atoms with Gasteiger partial charge in [0.1, 0.15) is 11.9 Å². The van der Waals surface area contributed by atoms with Gasteiger partial charge in [-0.05, 0) is 66.8 Å². The highest BCUT2D eigenvalue weighted by atomic mass is 32.1. The van der Waals surface area contributed by atoms with Crippen molar-refractivity contribution in [2.24, 2.45) is 0 Å². The Morgan fingerprint density at radius 1 is 1.00 bits per heavy atom. The van der Waals surface area contributed by atoms with Crippen LogP contribution in [0.15, 0.2) is 91.3 Å². The highest BCUT2D eigenvalue weighted by molar-refractivity contribution is 7.80. The predicted molar refractivity (Wildman–Crippen MR) is 127 cm³/mol. The number of benzene rings is 2. The lowest BCUT2D eigenvalue weighted by molar-refractivity contribution is -0.384. The molecule has 0 radical (unpaired) electrons. The first-order valence-electron chi connectivity index (χ1n) is 10.2. The van der Waals surface area contributed by atoms with Crippen LogP contribution in [0.3, 0.4) is 0 Å². The van der Waals surface area contributed by atoms with E-state index in [-0.39, 0.29) is 23.6 Å². The molecule has 2 atom stereocenters. The standard InChI is InChI=1S/C24H18FN5O2S/c25-16-9-11-17(12-10-16)29-23(22(27-24(29)33)20-7-1-2-13-26-20)21-8-4-14-28(21)18-5-3-6-19(15-18)30(31)32/h1-15,22-23H,(H,27,33)/t22-,23-/m0/s1. The Labute approximate surface area is 194 Å². The Balaban J connectivity index is 1.66. The second-order valence-corrected chi connectivity index (χ2v) is 7.94. The molecule has 0 spiro atoms. The summed E-state index contributed by atoms with van der Waals surface area (Å²) in [5.41, 5.74) is 3.03. The number of thiocarbonyl (C=S) groups is 1. The van der Waals surface area contributed by atoms with Gasteiger partial charge in [-0.15, -0.1) is 0 Å². The van der Waals surface area contributed by atoms with Crippen molar-refractivity contribution in [2.45, 2.75) is 12.1 Å². The molecule has 1 aliphatic heterocycles. The number of nitrogens with one attached hydrogen (secondary N) is 1. The number of rotatable bonds is 5. The van der Waals surface area contributed by atoms with Crippen LogP contribution in [0.1, 0.15) is 23.5 Å². The van der Waals surface area contributed by atoms with Gasteiger partial charge in [0.15, 0.2) is 5.11 Å². The Morgan fingerprint density at radius 3 is 2.55 bits per heavy atom. The van der Waals surface area contributed by atoms with Crippen LogP contribution in [-0.2, 0) is 0 Å². The average Bonchev–Trinajstić information content (AvgIpc) is 3.44. The molecule has 9 heteroatoms. The van der Waals surface area contributed by atoms with Crippen LogP contribution < -0.4 is 10.2 Å². The van der Waals surface area contributed by atoms with Gasteiger partial charge in [-0.3, -0.25) is 15.1 Å². The monoisotopic (exact) mass is 459 g/mol. The Morgan fingerprint density at radius 2 is 1.82 bits per heavy atom. The first-order chi connectivity index (χ1) is 16.0. The number of nitrogens with zero attached hydrogens (tertiary/aromatic N) is 4. The molecule has 2 aromatic heterocycles. The normalized spacial score (nSPS) is 17.7. The number of pyridine rings is 1. The van der Waals surface area contributed by atoms with Gasteiger partial charge in [0.05, 0.1) is 22.3 Å². The quantitative estimate of drug-likeness (QED) is 0.254. The smallest absolute Gasteiger partial charge is 0.271 e. The van der Waals surface area contributed by atoms with Crippen LogP contribution in [0.2, 0.25) is 0 Å². The van der Waals surface area contributed by atoms with E-state index in [1.54, 1.807) is 24.4 Å². The number of anilines is 1. The molecule has 3 heterocycles. The summed E-state index contributed by atoms with van der Waals surface area (Å²) in [6.45, 7) is 0. The largest absolute Gasteiger partial charge is 0.351 e. The van der Waals surface area contributed by atoms with Gasteiger partial charge >= 0.3 is 0 Å². The van der Waals surface area contributed by atoms with Crippen molar-refractivity contribution in [3.8, 4) is 5.69 Å². The van der Waals surface area contributed by atoms with E-state index in [0.717, 1.165) is 17.1 Å². The van der Waals surface area contributed by atoms with Crippen molar-refractivity contribution in [3.63, 3.8) is 0 Å². The number of nitro groups is 1. The van der Waals surface area contributed by atoms with Gasteiger partial charge in [0, 0.05) is 35.9 Å². The number of halogens is 1. The fourth-order valence-electron chi connectivity index (χ4n) is 4.16. The summed E-state index contributed by atoms with van der Waals surface area (Å²) in [4.78, 5) is 17.4. The SMILES string of the molecule is O=[N+]([O-])c1cccc(-n2cccc2[C@H]2[C@H](c3ccccn3)NC(=S)N2c2ccc(F)cc2)c1. The van der Waals surface area contributed by atoms with Gasteiger partial charge in [0.2, 0.25) is 0 Å². The van der Waals surface area contributed by atoms with Crippen molar-refractivity contribution in [1.29, 1.82) is 0 Å². The molecule has 0 unspecified atom stereocenters. The molecule has 1 fully saturated rings. The minimum atomic E-state index is -0.416. The number of aromatic nitrogens is 2. The molecule has 0 bridgehead atoms. The molecule has 0 saturated carbocycles. The first kappa shape index (κ1) is 20.8. The van der Waals surface area contributed by atoms with E-state index in [4.69, 9.17) is 12.2 Å². The molecular formula is C24H18FN5O2S. The Hall–Kier alpha value is -4.11. The van der Waals surface area contributed by atoms with Crippen molar-refractivity contribution >= 4 is 28.7 Å². The van der Waals surface area contributed by atoms with Gasteiger partial charge in [-0.25, -0.2) is 4.39 Å². The lowest BCUT2D eigenvalue weighted by Gasteiger charge is -2.29. The van der Waals surface area contributed by atoms with Crippen LogP contribution in [-0.4, -0.2) is 19.6 Å². The Kier molecular flexibility index (Phi) is 5.31. The van der Waals surface area contributed by atoms with Crippen molar-refractivity contribution < 1.29 is 9.31 Å². The third kappa shape index (κ3) is 3.83. The van der Waals surface area contributed by atoms with Gasteiger partial charge in [-0.2, -0.15) is 0 Å². The van der Waals surface area contributed by atoms with Gasteiger partial charge in [0.25, 0.3) is 5.69 Å². The lowest BCUT2D eigenvalue weighted by atomic mass is 10.0. The van der Waals surface area contributed by atoms with E-state index < -0.39 is 4.92 Å². The molecule has 4 aromatic rings. The summed E-state index contributed by atoms with van der Waals surface area (Å²) in [6.07, 6.45) is 3.57. The summed E-state index contributed by atoms with van der Waals surface area (Å²) in [5.74, 6) is -0.338. The molecule has 33 heavy (non-hydrogen) atoms. The van der Waals surface area contributed by atoms with Crippen molar-refractivity contribution in [3.05, 3.63) is 119 Å². The van der Waals surface area contributed by atoms with E-state index in [2.05, 4.69) is 10.3 Å². The summed E-state index contributed by atoms with van der Waals surface area (Å²) < 4.78 is 15.5. The summed E-state index contributed by atoms with van der Waals surface area (Å²) in [5, 5.41) is 15.2. The molecule has 5 rings (SSSR count). The van der Waals surface area contributed by atoms with E-state index >= 15 is 0 Å². The third-order valence-electron chi connectivity index (χ3n) is 5.60. The molecule has 1 aliphatic rings. The lowest BCUT2D eigenvalue weighted by Crippen LogP contribution is -2.30. The molecule has 7 nitrogen and oxygen atoms in total. The second-order valence-electron chi connectivity index (χ2n) is 7.55.